The quantitative estimate of drug-likeness (QED) is 0.360. The van der Waals surface area contributed by atoms with Gasteiger partial charge in [0, 0.05) is 24.5 Å². The van der Waals surface area contributed by atoms with Crippen molar-refractivity contribution in [3.05, 3.63) is 69.0 Å². The van der Waals surface area contributed by atoms with Crippen molar-refractivity contribution < 1.29 is 26.9 Å². The van der Waals surface area contributed by atoms with Crippen LogP contribution in [0.3, 0.4) is 0 Å². The number of carbonyl (C=O) groups is 1. The molecule has 0 aliphatic carbocycles. The van der Waals surface area contributed by atoms with E-state index in [-0.39, 0.29) is 39.6 Å². The monoisotopic (exact) mass is 550 g/mol. The van der Waals surface area contributed by atoms with E-state index >= 15 is 0 Å². The summed E-state index contributed by atoms with van der Waals surface area (Å²) >= 11 is 5.63. The van der Waals surface area contributed by atoms with E-state index in [1.807, 2.05) is 4.72 Å². The minimum Gasteiger partial charge on any atom is -0.310 e. The van der Waals surface area contributed by atoms with Crippen LogP contribution in [0.4, 0.5) is 37.5 Å². The van der Waals surface area contributed by atoms with Gasteiger partial charge in [-0.1, -0.05) is 11.6 Å². The van der Waals surface area contributed by atoms with E-state index in [4.69, 9.17) is 11.6 Å². The van der Waals surface area contributed by atoms with E-state index in [1.54, 1.807) is 4.90 Å². The fourth-order valence-corrected chi connectivity index (χ4v) is 5.68. The molecule has 0 unspecified atom stereocenters. The SMILES string of the molecule is O=C1CCCN1c1cc(S(=O)(=O)Nc2c(F)cc(Cl)cc2F)cc2c1N(c1ncc([N+](=O)[O-])cn1)CC2. The Bertz CT molecular complexity index is 1530. The van der Waals surface area contributed by atoms with E-state index in [2.05, 4.69) is 9.97 Å². The highest BCUT2D eigenvalue weighted by Crippen LogP contribution is 2.44. The molecule has 2 aliphatic heterocycles. The predicted octanol–water partition coefficient (Wildman–Crippen LogP) is 3.94. The molecule has 0 radical (unpaired) electrons. The summed E-state index contributed by atoms with van der Waals surface area (Å²) < 4.78 is 57.0. The fourth-order valence-electron chi connectivity index (χ4n) is 4.34. The van der Waals surface area contributed by atoms with Crippen LogP contribution in [0.25, 0.3) is 0 Å². The molecule has 1 amide bonds. The van der Waals surface area contributed by atoms with Crippen LogP contribution < -0.4 is 14.5 Å². The average molecular weight is 551 g/mol. The van der Waals surface area contributed by atoms with E-state index in [0.717, 1.165) is 24.5 Å². The van der Waals surface area contributed by atoms with Gasteiger partial charge in [-0.05, 0) is 42.7 Å². The Morgan fingerprint density at radius 2 is 1.70 bits per heavy atom. The number of sulfonamides is 1. The summed E-state index contributed by atoms with van der Waals surface area (Å²) in [6.45, 7) is 0.636. The van der Waals surface area contributed by atoms with Crippen LogP contribution in [0.15, 0.2) is 41.6 Å². The number of carbonyl (C=O) groups excluding carboxylic acids is 1. The molecule has 0 bridgehead atoms. The van der Waals surface area contributed by atoms with Gasteiger partial charge in [-0.2, -0.15) is 0 Å². The normalized spacial score (nSPS) is 15.3. The van der Waals surface area contributed by atoms with Gasteiger partial charge in [0.2, 0.25) is 11.9 Å². The van der Waals surface area contributed by atoms with Gasteiger partial charge in [0.15, 0.2) is 11.6 Å². The van der Waals surface area contributed by atoms with Crippen LogP contribution in [0.5, 0.6) is 0 Å². The molecule has 0 atom stereocenters. The zero-order valence-corrected chi connectivity index (χ0v) is 20.4. The topological polar surface area (TPSA) is 139 Å². The second-order valence-electron chi connectivity index (χ2n) is 8.35. The van der Waals surface area contributed by atoms with Crippen molar-refractivity contribution in [2.75, 3.05) is 27.6 Å². The van der Waals surface area contributed by atoms with E-state index in [1.165, 1.54) is 17.0 Å². The van der Waals surface area contributed by atoms with E-state index < -0.39 is 32.3 Å². The van der Waals surface area contributed by atoms with Gasteiger partial charge in [-0.25, -0.2) is 27.2 Å². The number of nitrogens with one attached hydrogen (secondary N) is 1. The molecule has 3 aromatic rings. The zero-order chi connectivity index (χ0) is 26.5. The van der Waals surface area contributed by atoms with Crippen molar-refractivity contribution >= 4 is 56.2 Å². The molecule has 5 rings (SSSR count). The molecule has 2 aromatic carbocycles. The maximum Gasteiger partial charge on any atom is 0.305 e. The Morgan fingerprint density at radius 3 is 2.30 bits per heavy atom. The molecule has 2 aliphatic rings. The molecule has 15 heteroatoms. The van der Waals surface area contributed by atoms with Crippen molar-refractivity contribution in [1.82, 2.24) is 9.97 Å². The number of halogens is 3. The third-order valence-corrected chi connectivity index (χ3v) is 7.56. The molecule has 3 heterocycles. The Kier molecular flexibility index (Phi) is 6.15. The lowest BCUT2D eigenvalue weighted by molar-refractivity contribution is -0.385. The fraction of sp³-hybridized carbons (Fsp3) is 0.227. The van der Waals surface area contributed by atoms with Crippen LogP contribution in [0.1, 0.15) is 18.4 Å². The molecule has 1 aromatic heterocycles. The van der Waals surface area contributed by atoms with Crippen molar-refractivity contribution in [1.29, 1.82) is 0 Å². The summed E-state index contributed by atoms with van der Waals surface area (Å²) in [6, 6.07) is 4.15. The highest BCUT2D eigenvalue weighted by atomic mass is 35.5. The van der Waals surface area contributed by atoms with Crippen molar-refractivity contribution in [3.63, 3.8) is 0 Å². The van der Waals surface area contributed by atoms with Crippen LogP contribution in [0, 0.1) is 21.7 Å². The number of nitrogens with zero attached hydrogens (tertiary/aromatic N) is 5. The number of benzene rings is 2. The van der Waals surface area contributed by atoms with Gasteiger partial charge in [0.1, 0.15) is 18.1 Å². The second-order valence-corrected chi connectivity index (χ2v) is 10.5. The number of fused-ring (bicyclic) bond motifs is 1. The summed E-state index contributed by atoms with van der Waals surface area (Å²) in [4.78, 5) is 33.9. The highest BCUT2D eigenvalue weighted by molar-refractivity contribution is 7.92. The number of rotatable bonds is 6. The third-order valence-electron chi connectivity index (χ3n) is 6.01. The van der Waals surface area contributed by atoms with Gasteiger partial charge < -0.3 is 9.80 Å². The van der Waals surface area contributed by atoms with E-state index in [9.17, 15) is 32.1 Å². The van der Waals surface area contributed by atoms with Gasteiger partial charge in [-0.15, -0.1) is 0 Å². The first-order valence-electron chi connectivity index (χ1n) is 10.9. The number of amides is 1. The summed E-state index contributed by atoms with van der Waals surface area (Å²) in [6.07, 6.45) is 3.26. The molecular formula is C22H17ClF2N6O5S. The Morgan fingerprint density at radius 1 is 1.03 bits per heavy atom. The summed E-state index contributed by atoms with van der Waals surface area (Å²) in [5.74, 6) is -2.47. The highest BCUT2D eigenvalue weighted by Gasteiger charge is 2.34. The number of aromatic nitrogens is 2. The summed E-state index contributed by atoms with van der Waals surface area (Å²) in [7, 11) is -4.50. The first-order chi connectivity index (χ1) is 17.5. The van der Waals surface area contributed by atoms with Crippen molar-refractivity contribution in [2.45, 2.75) is 24.2 Å². The van der Waals surface area contributed by atoms with Gasteiger partial charge in [0.25, 0.3) is 10.0 Å². The minimum atomic E-state index is -4.50. The number of anilines is 4. The van der Waals surface area contributed by atoms with Gasteiger partial charge in [-0.3, -0.25) is 19.6 Å². The Hall–Kier alpha value is -3.91. The molecule has 11 nitrogen and oxygen atoms in total. The first-order valence-corrected chi connectivity index (χ1v) is 12.8. The van der Waals surface area contributed by atoms with Crippen LogP contribution in [-0.4, -0.2) is 42.3 Å². The lowest BCUT2D eigenvalue weighted by Gasteiger charge is -2.25. The second kappa shape index (κ2) is 9.19. The van der Waals surface area contributed by atoms with Gasteiger partial charge >= 0.3 is 5.69 Å². The van der Waals surface area contributed by atoms with E-state index in [0.29, 0.717) is 37.2 Å². The largest absolute Gasteiger partial charge is 0.310 e. The summed E-state index contributed by atoms with van der Waals surface area (Å²) in [5.41, 5.74) is 0.0808. The van der Waals surface area contributed by atoms with Crippen LogP contribution in [-0.2, 0) is 21.2 Å². The lowest BCUT2D eigenvalue weighted by Crippen LogP contribution is -2.27. The molecule has 0 saturated carbocycles. The van der Waals surface area contributed by atoms with Crippen LogP contribution >= 0.6 is 11.6 Å². The number of nitro groups is 1. The Balaban J connectivity index is 1.60. The third kappa shape index (κ3) is 4.53. The smallest absolute Gasteiger partial charge is 0.305 e. The maximum atomic E-state index is 14.3. The van der Waals surface area contributed by atoms with Crippen molar-refractivity contribution in [3.8, 4) is 0 Å². The first kappa shape index (κ1) is 24.8. The average Bonchev–Trinajstić information content (AvgIpc) is 3.47. The maximum absolute atomic E-state index is 14.3. The predicted molar refractivity (Wildman–Crippen MR) is 130 cm³/mol. The summed E-state index contributed by atoms with van der Waals surface area (Å²) in [5, 5.41) is 10.7. The molecule has 0 spiro atoms. The molecule has 1 N–H and O–H groups in total. The molecular weight excluding hydrogens is 534 g/mol. The minimum absolute atomic E-state index is 0.135. The van der Waals surface area contributed by atoms with Crippen molar-refractivity contribution in [2.24, 2.45) is 0 Å². The molecule has 192 valence electrons. The van der Waals surface area contributed by atoms with Gasteiger partial charge in [0.05, 0.1) is 21.2 Å². The number of hydrogen-bond donors (Lipinski definition) is 1. The lowest BCUT2D eigenvalue weighted by atomic mass is 10.1. The molecule has 37 heavy (non-hydrogen) atoms. The Labute approximate surface area is 213 Å². The van der Waals surface area contributed by atoms with Crippen LogP contribution in [0.2, 0.25) is 5.02 Å². The molecule has 1 fully saturated rings. The number of hydrogen-bond acceptors (Lipinski definition) is 8. The molecule has 1 saturated heterocycles. The standard InChI is InChI=1S/C22H17ClF2N6O5S/c23-13-7-16(24)20(17(25)8-13)28-37(35,36)15-6-12-3-5-30(22-26-10-14(11-27-22)31(33)34)21(12)18(9-15)29-4-1-2-19(29)32/h6-11,28H,1-5H2. The zero-order valence-electron chi connectivity index (χ0n) is 18.8.